The van der Waals surface area contributed by atoms with Crippen LogP contribution in [-0.2, 0) is 14.3 Å². The molecule has 1 amide bonds. The highest BCUT2D eigenvalue weighted by molar-refractivity contribution is 7.99. The van der Waals surface area contributed by atoms with Gasteiger partial charge in [-0.15, -0.1) is 0 Å². The van der Waals surface area contributed by atoms with E-state index in [9.17, 15) is 4.79 Å². The van der Waals surface area contributed by atoms with Gasteiger partial charge in [0.15, 0.2) is 0 Å². The molecule has 6 heteroatoms. The van der Waals surface area contributed by atoms with Gasteiger partial charge >= 0.3 is 0 Å². The average Bonchev–Trinajstić information content (AvgIpc) is 3.34. The molecule has 0 aromatic carbocycles. The van der Waals surface area contributed by atoms with Crippen LogP contribution in [0.5, 0.6) is 0 Å². The minimum atomic E-state index is -0.281. The molecular formula is C24H45NO4S. The normalized spacial score (nSPS) is 26.2. The Bertz CT molecular complexity index is 464. The molecule has 0 saturated carbocycles. The Balaban J connectivity index is 1.55. The van der Waals surface area contributed by atoms with Gasteiger partial charge in [0.05, 0.1) is 12.2 Å². The fourth-order valence-corrected chi connectivity index (χ4v) is 6.23. The molecule has 5 unspecified atom stereocenters. The molecule has 2 saturated heterocycles. The molecule has 0 aromatic heterocycles. The van der Waals surface area contributed by atoms with Crippen LogP contribution in [0.25, 0.3) is 0 Å². The first-order chi connectivity index (χ1) is 14.7. The van der Waals surface area contributed by atoms with Crippen LogP contribution in [0.4, 0.5) is 0 Å². The molecule has 0 aromatic rings. The summed E-state index contributed by atoms with van der Waals surface area (Å²) < 4.78 is 12.1. The Morgan fingerprint density at radius 3 is 2.47 bits per heavy atom. The number of unbranched alkanes of at least 4 members (excludes halogenated alkanes) is 4. The number of thioether (sulfide) groups is 1. The largest absolute Gasteiger partial charge is 0.381 e. The van der Waals surface area contributed by atoms with Crippen molar-refractivity contribution < 1.29 is 19.5 Å². The molecule has 0 spiro atoms. The van der Waals surface area contributed by atoms with Gasteiger partial charge in [-0.3, -0.25) is 10.0 Å². The number of carbonyl (C=O) groups is 1. The first kappa shape index (κ1) is 26.0. The highest BCUT2D eigenvalue weighted by Gasteiger charge is 2.47. The SMILES string of the molecule is CCCCCCOCCCCC1C2CCC(O2)C1CCSC(C)CCCC(=O)NO. The van der Waals surface area contributed by atoms with E-state index in [-0.39, 0.29) is 5.91 Å². The van der Waals surface area contributed by atoms with Crippen molar-refractivity contribution in [2.75, 3.05) is 19.0 Å². The molecule has 2 heterocycles. The summed E-state index contributed by atoms with van der Waals surface area (Å²) in [6, 6.07) is 0. The summed E-state index contributed by atoms with van der Waals surface area (Å²) in [6.07, 6.45) is 15.9. The van der Waals surface area contributed by atoms with Gasteiger partial charge in [-0.2, -0.15) is 11.8 Å². The number of hydrogen-bond donors (Lipinski definition) is 2. The van der Waals surface area contributed by atoms with Gasteiger partial charge in [0, 0.05) is 24.9 Å². The minimum Gasteiger partial charge on any atom is -0.381 e. The molecule has 30 heavy (non-hydrogen) atoms. The summed E-state index contributed by atoms with van der Waals surface area (Å²) in [4.78, 5) is 11.1. The molecule has 2 fully saturated rings. The molecule has 2 bridgehead atoms. The summed E-state index contributed by atoms with van der Waals surface area (Å²) in [6.45, 7) is 6.34. The van der Waals surface area contributed by atoms with Crippen molar-refractivity contribution in [3.05, 3.63) is 0 Å². The molecular weight excluding hydrogens is 398 g/mol. The van der Waals surface area contributed by atoms with E-state index < -0.39 is 0 Å². The highest BCUT2D eigenvalue weighted by atomic mass is 32.2. The lowest BCUT2D eigenvalue weighted by atomic mass is 9.75. The number of hydroxylamine groups is 1. The van der Waals surface area contributed by atoms with E-state index in [1.54, 1.807) is 5.48 Å². The van der Waals surface area contributed by atoms with Crippen molar-refractivity contribution >= 4 is 17.7 Å². The maximum absolute atomic E-state index is 11.1. The number of hydrogen-bond acceptors (Lipinski definition) is 5. The van der Waals surface area contributed by atoms with E-state index in [0.717, 1.165) is 37.9 Å². The Hall–Kier alpha value is -0.300. The summed E-state index contributed by atoms with van der Waals surface area (Å²) in [5, 5.41) is 9.12. The van der Waals surface area contributed by atoms with Crippen LogP contribution in [0.15, 0.2) is 0 Å². The van der Waals surface area contributed by atoms with Crippen molar-refractivity contribution in [2.45, 2.75) is 115 Å². The van der Waals surface area contributed by atoms with E-state index in [0.29, 0.717) is 23.9 Å². The topological polar surface area (TPSA) is 67.8 Å². The number of nitrogens with one attached hydrogen (secondary N) is 1. The molecule has 2 aliphatic heterocycles. The summed E-state index contributed by atoms with van der Waals surface area (Å²) in [7, 11) is 0. The maximum atomic E-state index is 11.1. The van der Waals surface area contributed by atoms with Crippen LogP contribution in [0.3, 0.4) is 0 Å². The standard InChI is InChI=1S/C24H45NO4S/c1-3-4-5-7-16-28-17-8-6-11-20-21(23-14-13-22(20)29-23)15-18-30-19(2)10-9-12-24(26)25-27/h19-23,27H,3-18H2,1-2H3,(H,25,26). The number of carbonyl (C=O) groups excluding carboxylic acids is 1. The Morgan fingerprint density at radius 1 is 1.07 bits per heavy atom. The second-order valence-corrected chi connectivity index (χ2v) is 10.7. The third-order valence-corrected chi connectivity index (χ3v) is 8.08. The van der Waals surface area contributed by atoms with Gasteiger partial charge in [-0.25, -0.2) is 5.48 Å². The molecule has 0 aliphatic carbocycles. The second-order valence-electron chi connectivity index (χ2n) is 9.18. The van der Waals surface area contributed by atoms with Crippen molar-refractivity contribution in [2.24, 2.45) is 11.8 Å². The number of amides is 1. The Labute approximate surface area is 188 Å². The van der Waals surface area contributed by atoms with Gasteiger partial charge < -0.3 is 9.47 Å². The van der Waals surface area contributed by atoms with Crippen LogP contribution >= 0.6 is 11.8 Å². The van der Waals surface area contributed by atoms with Crippen LogP contribution in [-0.4, -0.2) is 47.5 Å². The third-order valence-electron chi connectivity index (χ3n) is 6.80. The Kier molecular flexibility index (Phi) is 13.4. The van der Waals surface area contributed by atoms with Gasteiger partial charge in [-0.1, -0.05) is 39.5 Å². The van der Waals surface area contributed by atoms with Gasteiger partial charge in [0.1, 0.15) is 0 Å². The number of ether oxygens (including phenoxy) is 2. The van der Waals surface area contributed by atoms with Crippen LogP contribution in [0.1, 0.15) is 97.3 Å². The van der Waals surface area contributed by atoms with Crippen molar-refractivity contribution in [1.29, 1.82) is 0 Å². The van der Waals surface area contributed by atoms with Crippen molar-refractivity contribution in [1.82, 2.24) is 5.48 Å². The van der Waals surface area contributed by atoms with E-state index in [2.05, 4.69) is 13.8 Å². The Morgan fingerprint density at radius 2 is 1.77 bits per heavy atom. The molecule has 2 aliphatic rings. The third kappa shape index (κ3) is 9.46. The second kappa shape index (κ2) is 15.5. The fourth-order valence-electron chi connectivity index (χ4n) is 5.08. The maximum Gasteiger partial charge on any atom is 0.243 e. The van der Waals surface area contributed by atoms with Crippen molar-refractivity contribution in [3.8, 4) is 0 Å². The smallest absolute Gasteiger partial charge is 0.243 e. The van der Waals surface area contributed by atoms with E-state index >= 15 is 0 Å². The van der Waals surface area contributed by atoms with Crippen LogP contribution < -0.4 is 5.48 Å². The predicted octanol–water partition coefficient (Wildman–Crippen LogP) is 5.73. The molecule has 0 radical (unpaired) electrons. The first-order valence-electron chi connectivity index (χ1n) is 12.4. The molecule has 2 rings (SSSR count). The molecule has 5 nitrogen and oxygen atoms in total. The minimum absolute atomic E-state index is 0.281. The number of fused-ring (bicyclic) bond motifs is 2. The monoisotopic (exact) mass is 443 g/mol. The molecule has 5 atom stereocenters. The predicted molar refractivity (Wildman–Crippen MR) is 124 cm³/mol. The summed E-state index contributed by atoms with van der Waals surface area (Å²) >= 11 is 2.03. The lowest BCUT2D eigenvalue weighted by Gasteiger charge is -2.28. The van der Waals surface area contributed by atoms with Gasteiger partial charge in [0.2, 0.25) is 5.91 Å². The first-order valence-corrected chi connectivity index (χ1v) is 13.5. The number of rotatable bonds is 18. The van der Waals surface area contributed by atoms with Gasteiger partial charge in [-0.05, 0) is 69.0 Å². The quantitative estimate of drug-likeness (QED) is 0.161. The molecule has 176 valence electrons. The van der Waals surface area contributed by atoms with E-state index in [1.165, 1.54) is 70.0 Å². The lowest BCUT2D eigenvalue weighted by molar-refractivity contribution is -0.129. The lowest BCUT2D eigenvalue weighted by Crippen LogP contribution is -2.28. The van der Waals surface area contributed by atoms with E-state index in [1.807, 2.05) is 11.8 Å². The average molecular weight is 444 g/mol. The summed E-state index contributed by atoms with van der Waals surface area (Å²) in [5.74, 6) is 2.38. The molecule has 2 N–H and O–H groups in total. The zero-order valence-corrected chi connectivity index (χ0v) is 20.1. The highest BCUT2D eigenvalue weighted by Crippen LogP contribution is 2.47. The summed E-state index contributed by atoms with van der Waals surface area (Å²) in [5.41, 5.74) is 1.71. The van der Waals surface area contributed by atoms with E-state index in [4.69, 9.17) is 14.7 Å². The zero-order chi connectivity index (χ0) is 21.6. The fraction of sp³-hybridized carbons (Fsp3) is 0.958. The van der Waals surface area contributed by atoms with Crippen LogP contribution in [0, 0.1) is 11.8 Å². The zero-order valence-electron chi connectivity index (χ0n) is 19.3. The van der Waals surface area contributed by atoms with Gasteiger partial charge in [0.25, 0.3) is 0 Å². The van der Waals surface area contributed by atoms with Crippen molar-refractivity contribution in [3.63, 3.8) is 0 Å². The van der Waals surface area contributed by atoms with Crippen LogP contribution in [0.2, 0.25) is 0 Å².